The van der Waals surface area contributed by atoms with E-state index in [0.717, 1.165) is 0 Å². The van der Waals surface area contributed by atoms with Crippen LogP contribution in [0.25, 0.3) is 0 Å². The molecule has 0 amide bonds. The number of nitrogens with two attached hydrogens (primary N) is 4. The van der Waals surface area contributed by atoms with Gasteiger partial charge in [0, 0.05) is 35.4 Å². The maximum Gasteiger partial charge on any atom is 0.221 e. The number of aromatic hydroxyl groups is 1. The number of ether oxygens (including phenoxy) is 5. The molecule has 0 saturated heterocycles. The first-order valence-electron chi connectivity index (χ1n) is 12.2. The van der Waals surface area contributed by atoms with Gasteiger partial charge in [0.2, 0.25) is 23.4 Å². The molecule has 0 aliphatic rings. The molecule has 2 aromatic heterocycles. The van der Waals surface area contributed by atoms with Gasteiger partial charge in [0.1, 0.15) is 11.6 Å². The Labute approximate surface area is 236 Å². The second-order valence-electron chi connectivity index (χ2n) is 8.83. The number of hydrogen-bond donors (Lipinski definition) is 5. The molecular weight excluding hydrogens is 532 g/mol. The third-order valence-corrected chi connectivity index (χ3v) is 6.64. The fourth-order valence-corrected chi connectivity index (χ4v) is 4.79. The van der Waals surface area contributed by atoms with Gasteiger partial charge < -0.3 is 51.7 Å². The highest BCUT2D eigenvalue weighted by molar-refractivity contribution is 5.63. The van der Waals surface area contributed by atoms with E-state index in [1.165, 1.54) is 47.9 Å². The third kappa shape index (κ3) is 5.39. The minimum absolute atomic E-state index is 0.00486. The zero-order valence-corrected chi connectivity index (χ0v) is 23.2. The second kappa shape index (κ2) is 11.8. The maximum absolute atomic E-state index is 10.7. The summed E-state index contributed by atoms with van der Waals surface area (Å²) in [6, 6.07) is 6.85. The van der Waals surface area contributed by atoms with Gasteiger partial charge in [-0.15, -0.1) is 0 Å². The molecule has 0 saturated carbocycles. The molecule has 4 rings (SSSR count). The first-order chi connectivity index (χ1) is 19.7. The third-order valence-electron chi connectivity index (χ3n) is 6.64. The van der Waals surface area contributed by atoms with Crippen molar-refractivity contribution in [2.45, 2.75) is 11.8 Å². The van der Waals surface area contributed by atoms with Gasteiger partial charge in [-0.25, -0.2) is 9.97 Å². The quantitative estimate of drug-likeness (QED) is 0.186. The van der Waals surface area contributed by atoms with Gasteiger partial charge in [0.25, 0.3) is 0 Å². The molecule has 0 fully saturated rings. The van der Waals surface area contributed by atoms with Crippen LogP contribution in [0.15, 0.2) is 36.7 Å². The van der Waals surface area contributed by atoms with E-state index < -0.39 is 11.8 Å². The molecule has 216 valence electrons. The molecule has 2 heterocycles. The summed E-state index contributed by atoms with van der Waals surface area (Å²) in [7, 11) is 7.38. The molecule has 2 unspecified atom stereocenters. The molecule has 9 N–H and O–H groups in total. The van der Waals surface area contributed by atoms with Gasteiger partial charge in [-0.2, -0.15) is 9.97 Å². The van der Waals surface area contributed by atoms with E-state index in [9.17, 15) is 5.11 Å². The summed E-state index contributed by atoms with van der Waals surface area (Å²) in [4.78, 5) is 16.9. The Hall–Kier alpha value is -5.40. The summed E-state index contributed by atoms with van der Waals surface area (Å²) in [6.45, 7) is 0. The number of nitrogen functional groups attached to an aromatic ring is 4. The number of hydrogen-bond acceptors (Lipinski definition) is 14. The van der Waals surface area contributed by atoms with E-state index in [0.29, 0.717) is 39.5 Å². The van der Waals surface area contributed by atoms with Crippen LogP contribution in [0.3, 0.4) is 0 Å². The van der Waals surface area contributed by atoms with Gasteiger partial charge in [-0.05, 0) is 35.4 Å². The van der Waals surface area contributed by atoms with E-state index in [4.69, 9.17) is 46.6 Å². The zero-order valence-electron chi connectivity index (χ0n) is 23.2. The Morgan fingerprint density at radius 1 is 0.585 bits per heavy atom. The van der Waals surface area contributed by atoms with Crippen LogP contribution in [0.2, 0.25) is 0 Å². The van der Waals surface area contributed by atoms with E-state index >= 15 is 0 Å². The Bertz CT molecular complexity index is 1520. The van der Waals surface area contributed by atoms with Crippen LogP contribution in [0.4, 0.5) is 23.5 Å². The minimum atomic E-state index is -0.712. The molecule has 0 radical (unpaired) electrons. The summed E-state index contributed by atoms with van der Waals surface area (Å²) >= 11 is 0. The summed E-state index contributed by atoms with van der Waals surface area (Å²) in [5, 5.41) is 10.7. The number of benzene rings is 2. The fraction of sp³-hybridized carbons (Fsp3) is 0.259. The molecule has 2 aromatic carbocycles. The average Bonchev–Trinajstić information content (AvgIpc) is 2.96. The summed E-state index contributed by atoms with van der Waals surface area (Å²) in [5.74, 6) is 0.113. The van der Waals surface area contributed by atoms with Crippen LogP contribution in [0, 0.1) is 0 Å². The molecule has 0 bridgehead atoms. The van der Waals surface area contributed by atoms with Crippen LogP contribution in [0.5, 0.6) is 34.5 Å². The van der Waals surface area contributed by atoms with Gasteiger partial charge in [-0.1, -0.05) is 0 Å². The number of phenolic OH excluding ortho intramolecular Hbond substituents is 1. The molecule has 2 atom stereocenters. The second-order valence-corrected chi connectivity index (χ2v) is 8.83. The molecule has 0 spiro atoms. The first kappa shape index (κ1) is 28.6. The van der Waals surface area contributed by atoms with Gasteiger partial charge in [0.15, 0.2) is 23.0 Å². The Morgan fingerprint density at radius 3 is 1.27 bits per heavy atom. The van der Waals surface area contributed by atoms with Gasteiger partial charge >= 0.3 is 0 Å². The topological polar surface area (TPSA) is 222 Å². The lowest BCUT2D eigenvalue weighted by Gasteiger charge is -2.31. The summed E-state index contributed by atoms with van der Waals surface area (Å²) in [6.07, 6.45) is 3.05. The smallest absolute Gasteiger partial charge is 0.221 e. The number of aromatic nitrogens is 4. The highest BCUT2D eigenvalue weighted by Crippen LogP contribution is 2.51. The van der Waals surface area contributed by atoms with E-state index in [-0.39, 0.29) is 40.8 Å². The van der Waals surface area contributed by atoms with Crippen molar-refractivity contribution in [2.75, 3.05) is 58.5 Å². The van der Waals surface area contributed by atoms with Crippen LogP contribution in [-0.4, -0.2) is 60.6 Å². The predicted molar refractivity (Wildman–Crippen MR) is 153 cm³/mol. The minimum Gasteiger partial charge on any atom is -0.502 e. The highest BCUT2D eigenvalue weighted by Gasteiger charge is 2.35. The van der Waals surface area contributed by atoms with Crippen molar-refractivity contribution in [3.8, 4) is 34.5 Å². The summed E-state index contributed by atoms with van der Waals surface area (Å²) < 4.78 is 27.8. The Kier molecular flexibility index (Phi) is 8.21. The van der Waals surface area contributed by atoms with E-state index in [1.54, 1.807) is 24.3 Å². The molecule has 0 aliphatic carbocycles. The standard InChI is InChI=1S/C27H32N8O6/c1-37-16-6-12(7-17(38-2)22(16)36)20(14-10-32-26(30)34-24(14)28)21(15-11-33-27(31)35-25(15)29)13-8-18(39-3)23(41-5)19(9-13)40-4/h6-11,20-21,36H,1-5H3,(H4,28,30,32,34)(H4,29,31,33,35). The lowest BCUT2D eigenvalue weighted by Crippen LogP contribution is -2.20. The molecule has 0 aliphatic heterocycles. The highest BCUT2D eigenvalue weighted by atomic mass is 16.5. The molecule has 14 heteroatoms. The molecule has 4 aromatic rings. The van der Waals surface area contributed by atoms with Crippen molar-refractivity contribution in [1.82, 2.24) is 19.9 Å². The van der Waals surface area contributed by atoms with Crippen molar-refractivity contribution in [1.29, 1.82) is 0 Å². The molecular formula is C27H32N8O6. The monoisotopic (exact) mass is 564 g/mol. The van der Waals surface area contributed by atoms with Gasteiger partial charge in [0.05, 0.1) is 35.5 Å². The largest absolute Gasteiger partial charge is 0.502 e. The van der Waals surface area contributed by atoms with Crippen LogP contribution < -0.4 is 46.6 Å². The van der Waals surface area contributed by atoms with E-state index in [1.807, 2.05) is 0 Å². The lowest BCUT2D eigenvalue weighted by atomic mass is 9.74. The van der Waals surface area contributed by atoms with Crippen LogP contribution in [-0.2, 0) is 0 Å². The number of methoxy groups -OCH3 is 5. The Balaban J connectivity index is 2.16. The van der Waals surface area contributed by atoms with Crippen LogP contribution >= 0.6 is 0 Å². The number of nitrogens with zero attached hydrogens (tertiary/aromatic N) is 4. The number of rotatable bonds is 10. The average molecular weight is 565 g/mol. The van der Waals surface area contributed by atoms with Crippen molar-refractivity contribution in [3.63, 3.8) is 0 Å². The SMILES string of the molecule is COc1cc(C(c2cnc(N)nc2N)C(c2cc(OC)c(OC)c(OC)c2)c2cnc(N)nc2N)cc(OC)c1O. The van der Waals surface area contributed by atoms with Crippen molar-refractivity contribution in [3.05, 3.63) is 58.9 Å². The van der Waals surface area contributed by atoms with Crippen molar-refractivity contribution < 1.29 is 28.8 Å². The number of phenols is 1. The van der Waals surface area contributed by atoms with E-state index in [2.05, 4.69) is 19.9 Å². The molecule has 41 heavy (non-hydrogen) atoms. The molecule has 14 nitrogen and oxygen atoms in total. The van der Waals surface area contributed by atoms with Crippen molar-refractivity contribution >= 4 is 23.5 Å². The normalized spacial score (nSPS) is 12.3. The number of anilines is 4. The first-order valence-corrected chi connectivity index (χ1v) is 12.2. The predicted octanol–water partition coefficient (Wildman–Crippen LogP) is 2.31. The lowest BCUT2D eigenvalue weighted by molar-refractivity contribution is 0.323. The zero-order chi connectivity index (χ0) is 29.8. The van der Waals surface area contributed by atoms with Crippen molar-refractivity contribution in [2.24, 2.45) is 0 Å². The Morgan fingerprint density at radius 2 is 0.951 bits per heavy atom. The van der Waals surface area contributed by atoms with Gasteiger partial charge in [-0.3, -0.25) is 0 Å². The summed E-state index contributed by atoms with van der Waals surface area (Å²) in [5.41, 5.74) is 26.8. The maximum atomic E-state index is 10.7. The fourth-order valence-electron chi connectivity index (χ4n) is 4.79. The van der Waals surface area contributed by atoms with Crippen LogP contribution in [0.1, 0.15) is 34.1 Å².